The number of rotatable bonds is 3. The molecule has 5 nitrogen and oxygen atoms in total. The van der Waals surface area contributed by atoms with Crippen LogP contribution >= 0.6 is 0 Å². The summed E-state index contributed by atoms with van der Waals surface area (Å²) in [5, 5.41) is 4.54. The molecule has 39 heavy (non-hydrogen) atoms. The summed E-state index contributed by atoms with van der Waals surface area (Å²) in [6.45, 7) is 2.12. The molecule has 0 aliphatic heterocycles. The minimum absolute atomic E-state index is 0.615. The molecule has 1 aliphatic rings. The quantitative estimate of drug-likeness (QED) is 0.242. The minimum atomic E-state index is 0.615. The van der Waals surface area contributed by atoms with Gasteiger partial charge in [0.15, 0.2) is 11.6 Å². The highest BCUT2D eigenvalue weighted by molar-refractivity contribution is 6.27. The van der Waals surface area contributed by atoms with E-state index < -0.39 is 0 Å². The zero-order valence-electron chi connectivity index (χ0n) is 21.4. The van der Waals surface area contributed by atoms with Gasteiger partial charge in [-0.05, 0) is 55.7 Å². The Kier molecular flexibility index (Phi) is 4.79. The highest BCUT2D eigenvalue weighted by Crippen LogP contribution is 2.41. The summed E-state index contributed by atoms with van der Waals surface area (Å²) < 4.78 is 8.47. The number of aromatic nitrogens is 4. The summed E-state index contributed by atoms with van der Waals surface area (Å²) in [5.74, 6) is 2.01. The molecule has 0 saturated carbocycles. The zero-order chi connectivity index (χ0) is 25.9. The molecule has 0 N–H and O–H groups in total. The van der Waals surface area contributed by atoms with Gasteiger partial charge in [-0.1, -0.05) is 78.4 Å². The van der Waals surface area contributed by atoms with E-state index in [0.717, 1.165) is 73.5 Å². The van der Waals surface area contributed by atoms with E-state index in [-0.39, 0.29) is 0 Å². The van der Waals surface area contributed by atoms with Gasteiger partial charge in [0.25, 0.3) is 0 Å². The summed E-state index contributed by atoms with van der Waals surface area (Å²) in [6.07, 6.45) is 8.27. The second-order valence-electron chi connectivity index (χ2n) is 10.1. The van der Waals surface area contributed by atoms with Gasteiger partial charge in [0.1, 0.15) is 11.2 Å². The van der Waals surface area contributed by atoms with Gasteiger partial charge in [-0.2, -0.15) is 9.97 Å². The van der Waals surface area contributed by atoms with Crippen molar-refractivity contribution in [2.75, 3.05) is 0 Å². The van der Waals surface area contributed by atoms with Crippen molar-refractivity contribution >= 4 is 49.3 Å². The molecule has 0 saturated heterocycles. The van der Waals surface area contributed by atoms with E-state index >= 15 is 0 Å². The molecule has 4 aromatic carbocycles. The Labute approximate surface area is 224 Å². The van der Waals surface area contributed by atoms with E-state index in [1.165, 1.54) is 5.56 Å². The first kappa shape index (κ1) is 22.0. The van der Waals surface area contributed by atoms with Gasteiger partial charge in [0.05, 0.1) is 11.0 Å². The summed E-state index contributed by atoms with van der Waals surface area (Å²) in [7, 11) is 0. The molecule has 0 fully saturated rings. The van der Waals surface area contributed by atoms with Crippen LogP contribution in [0.15, 0.2) is 108 Å². The second kappa shape index (κ2) is 8.50. The van der Waals surface area contributed by atoms with Gasteiger partial charge < -0.3 is 4.42 Å². The van der Waals surface area contributed by atoms with Crippen LogP contribution < -0.4 is 0 Å². The SMILES string of the molecule is Cc1ccc2oc3ccc4c(c5ccccc5n4-c4nc(C5=CC=CCC5)nc(-c5ccccc5)n4)c3c2c1. The van der Waals surface area contributed by atoms with Crippen molar-refractivity contribution in [2.45, 2.75) is 19.8 Å². The lowest BCUT2D eigenvalue weighted by molar-refractivity contribution is 0.669. The monoisotopic (exact) mass is 504 g/mol. The lowest BCUT2D eigenvalue weighted by Crippen LogP contribution is -2.08. The van der Waals surface area contributed by atoms with Crippen molar-refractivity contribution in [2.24, 2.45) is 0 Å². The topological polar surface area (TPSA) is 56.7 Å². The summed E-state index contributed by atoms with van der Waals surface area (Å²) >= 11 is 0. The zero-order valence-corrected chi connectivity index (χ0v) is 21.4. The maximum Gasteiger partial charge on any atom is 0.238 e. The maximum atomic E-state index is 6.29. The Morgan fingerprint density at radius 3 is 2.41 bits per heavy atom. The molecular formula is C34H24N4O. The number of aryl methyl sites for hydroxylation is 1. The standard InChI is InChI=1S/C34H24N4O/c1-21-16-18-28-25(20-21)31-29(39-28)19-17-27-30(31)24-14-8-9-15-26(24)38(27)34-36-32(22-10-4-2-5-11-22)35-33(37-34)23-12-6-3-7-13-23/h2-6,8-12,14-20H,7,13H2,1H3. The fraction of sp³-hybridized carbons (Fsp3) is 0.0882. The number of benzene rings is 4. The smallest absolute Gasteiger partial charge is 0.238 e. The number of nitrogens with zero attached hydrogens (tertiary/aromatic N) is 4. The Morgan fingerprint density at radius 1 is 0.718 bits per heavy atom. The van der Waals surface area contributed by atoms with Gasteiger partial charge in [0, 0.05) is 27.1 Å². The van der Waals surface area contributed by atoms with Gasteiger partial charge in [0.2, 0.25) is 5.95 Å². The fourth-order valence-electron chi connectivity index (χ4n) is 5.77. The Morgan fingerprint density at radius 2 is 1.54 bits per heavy atom. The van der Waals surface area contributed by atoms with Crippen molar-refractivity contribution in [3.63, 3.8) is 0 Å². The largest absolute Gasteiger partial charge is 0.456 e. The van der Waals surface area contributed by atoms with E-state index in [9.17, 15) is 0 Å². The highest BCUT2D eigenvalue weighted by atomic mass is 16.3. The molecule has 0 atom stereocenters. The summed E-state index contributed by atoms with van der Waals surface area (Å²) in [4.78, 5) is 15.1. The molecule has 0 spiro atoms. The lowest BCUT2D eigenvalue weighted by atomic mass is 10.0. The first-order valence-electron chi connectivity index (χ1n) is 13.3. The number of fused-ring (bicyclic) bond motifs is 7. The number of hydrogen-bond acceptors (Lipinski definition) is 4. The fourth-order valence-corrected chi connectivity index (χ4v) is 5.77. The average Bonchev–Trinajstić information content (AvgIpc) is 3.53. The second-order valence-corrected chi connectivity index (χ2v) is 10.1. The van der Waals surface area contributed by atoms with Gasteiger partial charge in [-0.25, -0.2) is 4.98 Å². The molecule has 0 bridgehead atoms. The molecule has 0 unspecified atom stereocenters. The molecule has 186 valence electrons. The predicted molar refractivity (Wildman–Crippen MR) is 158 cm³/mol. The normalized spacial score (nSPS) is 13.6. The molecule has 7 aromatic rings. The highest BCUT2D eigenvalue weighted by Gasteiger charge is 2.21. The predicted octanol–water partition coefficient (Wildman–Crippen LogP) is 8.58. The van der Waals surface area contributed by atoms with E-state index in [0.29, 0.717) is 11.8 Å². The van der Waals surface area contributed by atoms with Crippen LogP contribution in [0.3, 0.4) is 0 Å². The van der Waals surface area contributed by atoms with Crippen molar-refractivity contribution in [3.05, 3.63) is 115 Å². The van der Waals surface area contributed by atoms with Crippen LogP contribution in [0.2, 0.25) is 0 Å². The summed E-state index contributed by atoms with van der Waals surface area (Å²) in [5.41, 5.74) is 7.16. The van der Waals surface area contributed by atoms with Crippen molar-refractivity contribution in [3.8, 4) is 17.3 Å². The molecule has 3 heterocycles. The van der Waals surface area contributed by atoms with E-state index in [1.54, 1.807) is 0 Å². The Bertz CT molecular complexity index is 2130. The number of allylic oxidation sites excluding steroid dienone is 4. The number of furan rings is 1. The first-order valence-corrected chi connectivity index (χ1v) is 13.3. The van der Waals surface area contributed by atoms with E-state index in [4.69, 9.17) is 19.4 Å². The third-order valence-corrected chi connectivity index (χ3v) is 7.58. The van der Waals surface area contributed by atoms with Crippen LogP contribution in [-0.2, 0) is 0 Å². The molecule has 5 heteroatoms. The van der Waals surface area contributed by atoms with Crippen LogP contribution in [0.1, 0.15) is 24.2 Å². The molecule has 8 rings (SSSR count). The molecular weight excluding hydrogens is 480 g/mol. The minimum Gasteiger partial charge on any atom is -0.456 e. The lowest BCUT2D eigenvalue weighted by Gasteiger charge is -2.13. The number of hydrogen-bond donors (Lipinski definition) is 0. The molecule has 3 aromatic heterocycles. The third-order valence-electron chi connectivity index (χ3n) is 7.58. The van der Waals surface area contributed by atoms with E-state index in [2.05, 4.69) is 84.3 Å². The van der Waals surface area contributed by atoms with Crippen LogP contribution in [-0.4, -0.2) is 19.5 Å². The van der Waals surface area contributed by atoms with Crippen molar-refractivity contribution in [1.29, 1.82) is 0 Å². The van der Waals surface area contributed by atoms with Crippen molar-refractivity contribution in [1.82, 2.24) is 19.5 Å². The van der Waals surface area contributed by atoms with Gasteiger partial charge in [-0.15, -0.1) is 0 Å². The van der Waals surface area contributed by atoms with Crippen LogP contribution in [0.4, 0.5) is 0 Å². The molecule has 0 amide bonds. The molecule has 0 radical (unpaired) electrons. The Balaban J connectivity index is 1.49. The maximum absolute atomic E-state index is 6.29. The third kappa shape index (κ3) is 3.43. The van der Waals surface area contributed by atoms with E-state index in [1.807, 2.05) is 30.3 Å². The van der Waals surface area contributed by atoms with Gasteiger partial charge >= 0.3 is 0 Å². The average molecular weight is 505 g/mol. The Hall–Kier alpha value is -5.03. The van der Waals surface area contributed by atoms with Gasteiger partial charge in [-0.3, -0.25) is 4.57 Å². The first-order chi connectivity index (χ1) is 19.2. The number of para-hydroxylation sites is 1. The van der Waals surface area contributed by atoms with Crippen molar-refractivity contribution < 1.29 is 4.42 Å². The molecule has 1 aliphatic carbocycles. The van der Waals surface area contributed by atoms with Crippen LogP contribution in [0, 0.1) is 6.92 Å². The summed E-state index contributed by atoms with van der Waals surface area (Å²) in [6, 6.07) is 29.2. The van der Waals surface area contributed by atoms with Crippen LogP contribution in [0.5, 0.6) is 0 Å². The van der Waals surface area contributed by atoms with Crippen LogP contribution in [0.25, 0.3) is 66.7 Å².